The van der Waals surface area contributed by atoms with Gasteiger partial charge in [0.15, 0.2) is 0 Å². The number of hydrogen-bond donors (Lipinski definition) is 2. The molecule has 15 heavy (non-hydrogen) atoms. The number of nitrogen functional groups attached to an aromatic ring is 1. The first-order valence-electron chi connectivity index (χ1n) is 4.91. The number of hydrogen-bond acceptors (Lipinski definition) is 3. The van der Waals surface area contributed by atoms with Gasteiger partial charge in [-0.05, 0) is 24.6 Å². The van der Waals surface area contributed by atoms with Crippen molar-refractivity contribution in [3.63, 3.8) is 0 Å². The lowest BCUT2D eigenvalue weighted by Gasteiger charge is -2.11. The molecule has 0 spiro atoms. The SMILES string of the molecule is COC(C)CNCc1ccc(Br)cc1N. The van der Waals surface area contributed by atoms with E-state index < -0.39 is 0 Å². The highest BCUT2D eigenvalue weighted by Crippen LogP contribution is 2.18. The van der Waals surface area contributed by atoms with E-state index in [4.69, 9.17) is 10.5 Å². The van der Waals surface area contributed by atoms with E-state index in [-0.39, 0.29) is 6.10 Å². The normalized spacial score (nSPS) is 12.7. The van der Waals surface area contributed by atoms with Gasteiger partial charge in [0, 0.05) is 30.4 Å². The highest BCUT2D eigenvalue weighted by atomic mass is 79.9. The minimum absolute atomic E-state index is 0.224. The van der Waals surface area contributed by atoms with Crippen LogP contribution in [-0.2, 0) is 11.3 Å². The Balaban J connectivity index is 2.44. The summed E-state index contributed by atoms with van der Waals surface area (Å²) in [6.45, 7) is 3.62. The Labute approximate surface area is 99.1 Å². The summed E-state index contributed by atoms with van der Waals surface area (Å²) < 4.78 is 6.14. The number of halogens is 1. The zero-order chi connectivity index (χ0) is 11.3. The van der Waals surface area contributed by atoms with E-state index in [2.05, 4.69) is 21.2 Å². The molecule has 3 nitrogen and oxygen atoms in total. The molecule has 0 aromatic heterocycles. The Morgan fingerprint density at radius 1 is 1.53 bits per heavy atom. The van der Waals surface area contributed by atoms with E-state index in [0.717, 1.165) is 28.8 Å². The molecule has 0 bridgehead atoms. The molecule has 0 saturated heterocycles. The quantitative estimate of drug-likeness (QED) is 0.808. The van der Waals surface area contributed by atoms with Crippen LogP contribution in [0.2, 0.25) is 0 Å². The Hall–Kier alpha value is -0.580. The van der Waals surface area contributed by atoms with Gasteiger partial charge in [-0.15, -0.1) is 0 Å². The van der Waals surface area contributed by atoms with Gasteiger partial charge in [-0.1, -0.05) is 22.0 Å². The van der Waals surface area contributed by atoms with Crippen molar-refractivity contribution >= 4 is 21.6 Å². The second kappa shape index (κ2) is 6.10. The van der Waals surface area contributed by atoms with Crippen LogP contribution in [0, 0.1) is 0 Å². The highest BCUT2D eigenvalue weighted by Gasteiger charge is 2.01. The van der Waals surface area contributed by atoms with E-state index in [9.17, 15) is 0 Å². The van der Waals surface area contributed by atoms with Gasteiger partial charge < -0.3 is 15.8 Å². The zero-order valence-electron chi connectivity index (χ0n) is 9.09. The van der Waals surface area contributed by atoms with Crippen molar-refractivity contribution in [1.29, 1.82) is 0 Å². The lowest BCUT2D eigenvalue weighted by Crippen LogP contribution is -2.25. The molecule has 0 radical (unpaired) electrons. The van der Waals surface area contributed by atoms with Crippen LogP contribution < -0.4 is 11.1 Å². The first kappa shape index (κ1) is 12.5. The van der Waals surface area contributed by atoms with Gasteiger partial charge in [0.2, 0.25) is 0 Å². The van der Waals surface area contributed by atoms with E-state index in [1.165, 1.54) is 0 Å². The molecule has 84 valence electrons. The first-order valence-corrected chi connectivity index (χ1v) is 5.70. The Kier molecular flexibility index (Phi) is 5.08. The summed E-state index contributed by atoms with van der Waals surface area (Å²) in [6, 6.07) is 5.92. The summed E-state index contributed by atoms with van der Waals surface area (Å²) in [7, 11) is 1.71. The zero-order valence-corrected chi connectivity index (χ0v) is 10.7. The van der Waals surface area contributed by atoms with E-state index in [1.54, 1.807) is 7.11 Å². The Morgan fingerprint density at radius 3 is 2.87 bits per heavy atom. The summed E-state index contributed by atoms with van der Waals surface area (Å²) in [6.07, 6.45) is 0.224. The molecular formula is C11H17BrN2O. The van der Waals surface area contributed by atoms with Crippen molar-refractivity contribution in [2.24, 2.45) is 0 Å². The van der Waals surface area contributed by atoms with Crippen molar-refractivity contribution in [2.75, 3.05) is 19.4 Å². The van der Waals surface area contributed by atoms with Crippen LogP contribution in [0.4, 0.5) is 5.69 Å². The predicted molar refractivity (Wildman–Crippen MR) is 66.7 cm³/mol. The summed E-state index contributed by atoms with van der Waals surface area (Å²) in [5.41, 5.74) is 7.79. The van der Waals surface area contributed by atoms with Gasteiger partial charge in [0.05, 0.1) is 6.10 Å². The Morgan fingerprint density at radius 2 is 2.27 bits per heavy atom. The summed E-state index contributed by atoms with van der Waals surface area (Å²) >= 11 is 3.38. The van der Waals surface area contributed by atoms with E-state index >= 15 is 0 Å². The number of methoxy groups -OCH3 is 1. The van der Waals surface area contributed by atoms with Crippen LogP contribution in [0.1, 0.15) is 12.5 Å². The van der Waals surface area contributed by atoms with E-state index in [1.807, 2.05) is 25.1 Å². The van der Waals surface area contributed by atoms with Crippen molar-refractivity contribution < 1.29 is 4.74 Å². The third kappa shape index (κ3) is 4.20. The van der Waals surface area contributed by atoms with Crippen LogP contribution in [-0.4, -0.2) is 19.8 Å². The molecular weight excluding hydrogens is 256 g/mol. The molecule has 1 rings (SSSR count). The smallest absolute Gasteiger partial charge is 0.0667 e. The maximum atomic E-state index is 5.87. The average Bonchev–Trinajstić information content (AvgIpc) is 2.21. The van der Waals surface area contributed by atoms with Crippen molar-refractivity contribution in [1.82, 2.24) is 5.32 Å². The molecule has 0 aliphatic carbocycles. The van der Waals surface area contributed by atoms with Gasteiger partial charge in [0.25, 0.3) is 0 Å². The van der Waals surface area contributed by atoms with Gasteiger partial charge in [-0.3, -0.25) is 0 Å². The number of nitrogens with two attached hydrogens (primary N) is 1. The largest absolute Gasteiger partial charge is 0.398 e. The Bertz CT molecular complexity index is 317. The van der Waals surface area contributed by atoms with Gasteiger partial charge >= 0.3 is 0 Å². The maximum absolute atomic E-state index is 5.87. The van der Waals surface area contributed by atoms with Crippen molar-refractivity contribution in [3.8, 4) is 0 Å². The van der Waals surface area contributed by atoms with Gasteiger partial charge in [0.1, 0.15) is 0 Å². The number of benzene rings is 1. The number of rotatable bonds is 5. The lowest BCUT2D eigenvalue weighted by molar-refractivity contribution is 0.117. The third-order valence-corrected chi connectivity index (χ3v) is 2.75. The molecule has 0 saturated carbocycles. The van der Waals surface area contributed by atoms with Crippen LogP contribution in [0.3, 0.4) is 0 Å². The highest BCUT2D eigenvalue weighted by molar-refractivity contribution is 9.10. The summed E-state index contributed by atoms with van der Waals surface area (Å²) in [5, 5.41) is 3.29. The van der Waals surface area contributed by atoms with Gasteiger partial charge in [-0.25, -0.2) is 0 Å². The first-order chi connectivity index (χ1) is 7.13. The fourth-order valence-electron chi connectivity index (χ4n) is 1.22. The number of ether oxygens (including phenoxy) is 1. The van der Waals surface area contributed by atoms with E-state index in [0.29, 0.717) is 0 Å². The topological polar surface area (TPSA) is 47.3 Å². The molecule has 0 amide bonds. The average molecular weight is 273 g/mol. The van der Waals surface area contributed by atoms with Crippen LogP contribution in [0.15, 0.2) is 22.7 Å². The van der Waals surface area contributed by atoms with Gasteiger partial charge in [-0.2, -0.15) is 0 Å². The molecule has 0 fully saturated rings. The van der Waals surface area contributed by atoms with Crippen LogP contribution in [0.5, 0.6) is 0 Å². The summed E-state index contributed by atoms with van der Waals surface area (Å²) in [5.74, 6) is 0. The molecule has 0 heterocycles. The molecule has 1 aromatic rings. The molecule has 0 aliphatic rings. The molecule has 4 heteroatoms. The fourth-order valence-corrected chi connectivity index (χ4v) is 1.60. The second-order valence-corrected chi connectivity index (χ2v) is 4.44. The van der Waals surface area contributed by atoms with Crippen LogP contribution >= 0.6 is 15.9 Å². The minimum atomic E-state index is 0.224. The molecule has 1 unspecified atom stereocenters. The lowest BCUT2D eigenvalue weighted by atomic mass is 10.2. The molecule has 1 atom stereocenters. The maximum Gasteiger partial charge on any atom is 0.0667 e. The third-order valence-electron chi connectivity index (χ3n) is 2.26. The predicted octanol–water partition coefficient (Wildman–Crippen LogP) is 2.16. The number of nitrogens with one attached hydrogen (secondary N) is 1. The fraction of sp³-hybridized carbons (Fsp3) is 0.455. The minimum Gasteiger partial charge on any atom is -0.398 e. The summed E-state index contributed by atoms with van der Waals surface area (Å²) in [4.78, 5) is 0. The van der Waals surface area contributed by atoms with Crippen LogP contribution in [0.25, 0.3) is 0 Å². The van der Waals surface area contributed by atoms with Crippen molar-refractivity contribution in [2.45, 2.75) is 19.6 Å². The number of anilines is 1. The standard InChI is InChI=1S/C11H17BrN2O/c1-8(15-2)6-14-7-9-3-4-10(12)5-11(9)13/h3-5,8,14H,6-7,13H2,1-2H3. The molecule has 1 aromatic carbocycles. The van der Waals surface area contributed by atoms with Crippen molar-refractivity contribution in [3.05, 3.63) is 28.2 Å². The molecule has 3 N–H and O–H groups in total. The second-order valence-electron chi connectivity index (χ2n) is 3.52. The molecule has 0 aliphatic heterocycles. The monoisotopic (exact) mass is 272 g/mol.